The van der Waals surface area contributed by atoms with Gasteiger partial charge in [-0.2, -0.15) is 0 Å². The fourth-order valence-electron chi connectivity index (χ4n) is 3.86. The van der Waals surface area contributed by atoms with E-state index < -0.39 is 5.91 Å². The highest BCUT2D eigenvalue weighted by atomic mass is 19.1. The SMILES string of the molecule is Cc1nc2cc(F)ccc2cc1C(=O)Nc1cc(C(N)=O)ccc1N1CCCCC1. The van der Waals surface area contributed by atoms with E-state index in [1.807, 2.05) is 6.07 Å². The van der Waals surface area contributed by atoms with Crippen molar-refractivity contribution in [2.45, 2.75) is 26.2 Å². The van der Waals surface area contributed by atoms with Crippen molar-refractivity contribution < 1.29 is 14.0 Å². The van der Waals surface area contributed by atoms with E-state index >= 15 is 0 Å². The van der Waals surface area contributed by atoms with Crippen molar-refractivity contribution in [3.05, 3.63) is 65.1 Å². The molecule has 2 heterocycles. The number of nitrogens with two attached hydrogens (primary N) is 1. The summed E-state index contributed by atoms with van der Waals surface area (Å²) in [5.74, 6) is -1.27. The zero-order valence-electron chi connectivity index (χ0n) is 16.7. The normalized spacial score (nSPS) is 14.0. The number of nitrogens with one attached hydrogen (secondary N) is 1. The van der Waals surface area contributed by atoms with E-state index in [2.05, 4.69) is 15.2 Å². The van der Waals surface area contributed by atoms with Gasteiger partial charge in [0.1, 0.15) is 5.82 Å². The van der Waals surface area contributed by atoms with Gasteiger partial charge in [0.25, 0.3) is 5.91 Å². The number of pyridine rings is 1. The molecule has 0 aliphatic carbocycles. The Morgan fingerprint density at radius 3 is 2.57 bits per heavy atom. The van der Waals surface area contributed by atoms with Gasteiger partial charge in [-0.25, -0.2) is 4.39 Å². The van der Waals surface area contributed by atoms with Crippen LogP contribution in [0.4, 0.5) is 15.8 Å². The molecule has 4 rings (SSSR count). The lowest BCUT2D eigenvalue weighted by atomic mass is 10.1. The molecule has 1 aromatic heterocycles. The summed E-state index contributed by atoms with van der Waals surface area (Å²) in [6, 6.07) is 11.1. The second-order valence-electron chi connectivity index (χ2n) is 7.56. The predicted molar refractivity (Wildman–Crippen MR) is 115 cm³/mol. The Bertz CT molecular complexity index is 1140. The van der Waals surface area contributed by atoms with Gasteiger partial charge in [-0.3, -0.25) is 14.6 Å². The molecular formula is C23H23FN4O2. The standard InChI is InChI=1S/C23H23FN4O2/c1-14-18(11-15-5-7-17(24)13-19(15)26-14)23(30)27-20-12-16(22(25)29)6-8-21(20)28-9-3-2-4-10-28/h5-8,11-13H,2-4,9-10H2,1H3,(H2,25,29)(H,27,30). The van der Waals surface area contributed by atoms with Gasteiger partial charge >= 0.3 is 0 Å². The maximum absolute atomic E-state index is 13.5. The molecule has 0 saturated carbocycles. The third-order valence-corrected chi connectivity index (χ3v) is 5.44. The van der Waals surface area contributed by atoms with Crippen LogP contribution in [0, 0.1) is 12.7 Å². The second-order valence-corrected chi connectivity index (χ2v) is 7.56. The van der Waals surface area contributed by atoms with Crippen LogP contribution in [0.1, 0.15) is 45.7 Å². The van der Waals surface area contributed by atoms with E-state index in [0.717, 1.165) is 31.6 Å². The molecule has 2 aromatic carbocycles. The number of hydrogen-bond acceptors (Lipinski definition) is 4. The molecule has 1 aliphatic heterocycles. The topological polar surface area (TPSA) is 88.3 Å². The lowest BCUT2D eigenvalue weighted by molar-refractivity contribution is 0.0996. The summed E-state index contributed by atoms with van der Waals surface area (Å²) < 4.78 is 13.5. The number of fused-ring (bicyclic) bond motifs is 1. The van der Waals surface area contributed by atoms with Gasteiger partial charge in [-0.05, 0) is 62.6 Å². The Labute approximate surface area is 173 Å². The van der Waals surface area contributed by atoms with Gasteiger partial charge in [0.2, 0.25) is 5.91 Å². The Hall–Kier alpha value is -3.48. The number of nitrogens with zero attached hydrogens (tertiary/aromatic N) is 2. The van der Waals surface area contributed by atoms with Crippen LogP contribution in [0.15, 0.2) is 42.5 Å². The lowest BCUT2D eigenvalue weighted by Gasteiger charge is -2.30. The van der Waals surface area contributed by atoms with Crippen LogP contribution in [0.3, 0.4) is 0 Å². The fourth-order valence-corrected chi connectivity index (χ4v) is 3.86. The van der Waals surface area contributed by atoms with Crippen LogP contribution in [0.2, 0.25) is 0 Å². The van der Waals surface area contributed by atoms with Crippen molar-refractivity contribution in [2.75, 3.05) is 23.3 Å². The van der Waals surface area contributed by atoms with Gasteiger partial charge in [0.15, 0.2) is 0 Å². The summed E-state index contributed by atoms with van der Waals surface area (Å²) in [4.78, 5) is 31.4. The van der Waals surface area contributed by atoms with Crippen LogP contribution < -0.4 is 16.0 Å². The summed E-state index contributed by atoms with van der Waals surface area (Å²) in [5, 5.41) is 3.61. The van der Waals surface area contributed by atoms with Crippen molar-refractivity contribution >= 4 is 34.1 Å². The van der Waals surface area contributed by atoms with Gasteiger partial charge in [-0.15, -0.1) is 0 Å². The molecule has 0 radical (unpaired) electrons. The quantitative estimate of drug-likeness (QED) is 0.685. The van der Waals surface area contributed by atoms with Crippen molar-refractivity contribution in [3.63, 3.8) is 0 Å². The van der Waals surface area contributed by atoms with Gasteiger partial charge in [0.05, 0.1) is 28.1 Å². The number of aromatic nitrogens is 1. The number of amides is 2. The third kappa shape index (κ3) is 3.96. The van der Waals surface area contributed by atoms with E-state index in [4.69, 9.17) is 5.73 Å². The Morgan fingerprint density at radius 2 is 1.83 bits per heavy atom. The minimum Gasteiger partial charge on any atom is -0.370 e. The number of halogens is 1. The van der Waals surface area contributed by atoms with E-state index in [1.165, 1.54) is 18.6 Å². The van der Waals surface area contributed by atoms with Crippen molar-refractivity contribution in [2.24, 2.45) is 5.73 Å². The highest BCUT2D eigenvalue weighted by molar-refractivity contribution is 6.09. The van der Waals surface area contributed by atoms with E-state index in [-0.39, 0.29) is 11.7 Å². The van der Waals surface area contributed by atoms with Crippen LogP contribution >= 0.6 is 0 Å². The number of piperidine rings is 1. The summed E-state index contributed by atoms with van der Waals surface area (Å²) in [7, 11) is 0. The lowest BCUT2D eigenvalue weighted by Crippen LogP contribution is -2.30. The molecule has 3 N–H and O–H groups in total. The van der Waals surface area contributed by atoms with E-state index in [9.17, 15) is 14.0 Å². The molecule has 0 spiro atoms. The van der Waals surface area contributed by atoms with Crippen LogP contribution in [-0.2, 0) is 0 Å². The van der Waals surface area contributed by atoms with Crippen molar-refractivity contribution in [3.8, 4) is 0 Å². The third-order valence-electron chi connectivity index (χ3n) is 5.44. The van der Waals surface area contributed by atoms with Crippen LogP contribution in [0.5, 0.6) is 0 Å². The Balaban J connectivity index is 1.70. The highest BCUT2D eigenvalue weighted by Crippen LogP contribution is 2.30. The maximum atomic E-state index is 13.5. The average molecular weight is 406 g/mol. The molecule has 7 heteroatoms. The summed E-state index contributed by atoms with van der Waals surface area (Å²) >= 11 is 0. The Morgan fingerprint density at radius 1 is 1.07 bits per heavy atom. The van der Waals surface area contributed by atoms with E-state index in [1.54, 1.807) is 31.2 Å². The minimum atomic E-state index is -0.554. The Kier molecular flexibility index (Phi) is 5.35. The number of hydrogen-bond donors (Lipinski definition) is 2. The number of aryl methyl sites for hydroxylation is 1. The number of rotatable bonds is 4. The number of anilines is 2. The van der Waals surface area contributed by atoms with Gasteiger partial charge < -0.3 is 16.0 Å². The minimum absolute atomic E-state index is 0.329. The molecule has 154 valence electrons. The predicted octanol–water partition coefficient (Wildman–Crippen LogP) is 4.02. The van der Waals surface area contributed by atoms with Crippen LogP contribution in [0.25, 0.3) is 10.9 Å². The number of carbonyl (C=O) groups excluding carboxylic acids is 2. The molecule has 1 saturated heterocycles. The molecule has 1 fully saturated rings. The number of primary amides is 1. The van der Waals surface area contributed by atoms with Crippen molar-refractivity contribution in [1.29, 1.82) is 0 Å². The van der Waals surface area contributed by atoms with Gasteiger partial charge in [-0.1, -0.05) is 0 Å². The summed E-state index contributed by atoms with van der Waals surface area (Å²) in [6.45, 7) is 3.49. The first-order valence-electron chi connectivity index (χ1n) is 9.99. The molecule has 30 heavy (non-hydrogen) atoms. The smallest absolute Gasteiger partial charge is 0.257 e. The molecule has 0 atom stereocenters. The highest BCUT2D eigenvalue weighted by Gasteiger charge is 2.19. The average Bonchev–Trinajstić information content (AvgIpc) is 2.73. The van der Waals surface area contributed by atoms with E-state index in [0.29, 0.717) is 33.4 Å². The second kappa shape index (κ2) is 8.10. The fraction of sp³-hybridized carbons (Fsp3) is 0.261. The first-order valence-corrected chi connectivity index (χ1v) is 9.99. The zero-order valence-corrected chi connectivity index (χ0v) is 16.7. The number of benzene rings is 2. The molecule has 3 aromatic rings. The number of carbonyl (C=O) groups is 2. The maximum Gasteiger partial charge on any atom is 0.257 e. The van der Waals surface area contributed by atoms with Crippen LogP contribution in [-0.4, -0.2) is 29.9 Å². The first kappa shape index (κ1) is 19.8. The molecule has 0 unspecified atom stereocenters. The molecule has 6 nitrogen and oxygen atoms in total. The summed E-state index contributed by atoms with van der Waals surface area (Å²) in [6.07, 6.45) is 3.34. The molecular weight excluding hydrogens is 383 g/mol. The molecule has 1 aliphatic rings. The summed E-state index contributed by atoms with van der Waals surface area (Å²) in [5.41, 5.74) is 8.56. The first-order chi connectivity index (χ1) is 14.4. The largest absolute Gasteiger partial charge is 0.370 e. The van der Waals surface area contributed by atoms with Crippen molar-refractivity contribution in [1.82, 2.24) is 4.98 Å². The van der Waals surface area contributed by atoms with Gasteiger partial charge in [0, 0.05) is 30.1 Å². The monoisotopic (exact) mass is 406 g/mol. The zero-order chi connectivity index (χ0) is 21.3. The molecule has 0 bridgehead atoms. The molecule has 2 amide bonds.